The fourth-order valence-electron chi connectivity index (χ4n) is 2.06. The first-order valence-corrected chi connectivity index (χ1v) is 7.03. The first-order valence-electron chi connectivity index (χ1n) is 7.03. The third kappa shape index (κ3) is 3.95. The molecular formula is C16H21N3O. The minimum Gasteiger partial charge on any atom is -0.352 e. The van der Waals surface area contributed by atoms with E-state index in [1.165, 1.54) is 0 Å². The monoisotopic (exact) mass is 271 g/mol. The molecule has 0 aliphatic carbocycles. The topological polar surface area (TPSA) is 46.9 Å². The van der Waals surface area contributed by atoms with Gasteiger partial charge in [-0.1, -0.05) is 31.5 Å². The summed E-state index contributed by atoms with van der Waals surface area (Å²) in [4.78, 5) is 11.6. The maximum absolute atomic E-state index is 11.6. The molecule has 0 aliphatic heterocycles. The zero-order valence-electron chi connectivity index (χ0n) is 12.1. The van der Waals surface area contributed by atoms with E-state index in [0.29, 0.717) is 13.0 Å². The number of hydrogen-bond donors (Lipinski definition) is 1. The van der Waals surface area contributed by atoms with E-state index in [1.807, 2.05) is 31.6 Å². The number of rotatable bonds is 6. The van der Waals surface area contributed by atoms with Crippen LogP contribution in [-0.4, -0.2) is 15.7 Å². The van der Waals surface area contributed by atoms with Gasteiger partial charge in [0.05, 0.1) is 6.20 Å². The molecule has 0 atom stereocenters. The molecule has 0 saturated heterocycles. The molecule has 0 unspecified atom stereocenters. The van der Waals surface area contributed by atoms with Crippen LogP contribution >= 0.6 is 0 Å². The molecule has 1 aromatic heterocycles. The molecule has 1 heterocycles. The van der Waals surface area contributed by atoms with Crippen molar-refractivity contribution in [2.45, 2.75) is 32.7 Å². The molecule has 4 heteroatoms. The zero-order chi connectivity index (χ0) is 14.4. The molecule has 0 aliphatic rings. The Labute approximate surface area is 119 Å². The van der Waals surface area contributed by atoms with Crippen molar-refractivity contribution >= 4 is 5.91 Å². The Morgan fingerprint density at radius 2 is 2.20 bits per heavy atom. The van der Waals surface area contributed by atoms with E-state index in [1.54, 1.807) is 4.68 Å². The quantitative estimate of drug-likeness (QED) is 0.878. The van der Waals surface area contributed by atoms with Gasteiger partial charge in [-0.25, -0.2) is 0 Å². The van der Waals surface area contributed by atoms with Crippen molar-refractivity contribution in [1.82, 2.24) is 15.1 Å². The Hall–Kier alpha value is -2.10. The molecule has 2 aromatic rings. The van der Waals surface area contributed by atoms with Gasteiger partial charge in [0.2, 0.25) is 5.91 Å². The Kier molecular flexibility index (Phi) is 4.93. The van der Waals surface area contributed by atoms with Crippen LogP contribution in [-0.2, 0) is 18.4 Å². The van der Waals surface area contributed by atoms with Gasteiger partial charge in [-0.15, -0.1) is 0 Å². The third-order valence-electron chi connectivity index (χ3n) is 3.21. The average molecular weight is 271 g/mol. The van der Waals surface area contributed by atoms with E-state index in [0.717, 1.165) is 29.5 Å². The minimum atomic E-state index is 0.124. The number of benzene rings is 1. The number of aryl methyl sites for hydroxylation is 1. The summed E-state index contributed by atoms with van der Waals surface area (Å²) in [6.45, 7) is 2.67. The highest BCUT2D eigenvalue weighted by atomic mass is 16.1. The van der Waals surface area contributed by atoms with Gasteiger partial charge in [-0.2, -0.15) is 5.10 Å². The van der Waals surface area contributed by atoms with E-state index < -0.39 is 0 Å². The van der Waals surface area contributed by atoms with Crippen LogP contribution in [0.25, 0.3) is 11.1 Å². The number of carbonyl (C=O) groups is 1. The van der Waals surface area contributed by atoms with Gasteiger partial charge in [0.25, 0.3) is 0 Å². The Morgan fingerprint density at radius 3 is 2.90 bits per heavy atom. The van der Waals surface area contributed by atoms with Crippen molar-refractivity contribution in [3.8, 4) is 11.1 Å². The van der Waals surface area contributed by atoms with Crippen LogP contribution in [0.1, 0.15) is 31.7 Å². The van der Waals surface area contributed by atoms with Crippen molar-refractivity contribution in [3.05, 3.63) is 42.2 Å². The van der Waals surface area contributed by atoms with Gasteiger partial charge < -0.3 is 5.32 Å². The Morgan fingerprint density at radius 1 is 1.35 bits per heavy atom. The molecule has 0 radical (unpaired) electrons. The molecule has 2 rings (SSSR count). The molecule has 106 valence electrons. The summed E-state index contributed by atoms with van der Waals surface area (Å²) < 4.78 is 1.79. The second-order valence-corrected chi connectivity index (χ2v) is 4.98. The fraction of sp³-hybridized carbons (Fsp3) is 0.375. The fourth-order valence-corrected chi connectivity index (χ4v) is 2.06. The summed E-state index contributed by atoms with van der Waals surface area (Å²) in [5, 5.41) is 7.14. The molecule has 4 nitrogen and oxygen atoms in total. The minimum absolute atomic E-state index is 0.124. The largest absolute Gasteiger partial charge is 0.352 e. The van der Waals surface area contributed by atoms with Crippen LogP contribution in [0.5, 0.6) is 0 Å². The van der Waals surface area contributed by atoms with Gasteiger partial charge in [-0.3, -0.25) is 9.48 Å². The van der Waals surface area contributed by atoms with Crippen LogP contribution in [0.15, 0.2) is 36.7 Å². The number of aromatic nitrogens is 2. The summed E-state index contributed by atoms with van der Waals surface area (Å²) in [5.74, 6) is 0.124. The van der Waals surface area contributed by atoms with Crippen LogP contribution < -0.4 is 5.32 Å². The molecular weight excluding hydrogens is 250 g/mol. The van der Waals surface area contributed by atoms with E-state index in [2.05, 4.69) is 29.5 Å². The van der Waals surface area contributed by atoms with E-state index in [4.69, 9.17) is 0 Å². The number of nitrogens with zero attached hydrogens (tertiary/aromatic N) is 2. The van der Waals surface area contributed by atoms with Crippen LogP contribution in [0.2, 0.25) is 0 Å². The lowest BCUT2D eigenvalue weighted by atomic mass is 10.1. The highest BCUT2D eigenvalue weighted by Crippen LogP contribution is 2.19. The van der Waals surface area contributed by atoms with E-state index in [-0.39, 0.29) is 5.91 Å². The predicted molar refractivity (Wildman–Crippen MR) is 80.0 cm³/mol. The lowest BCUT2D eigenvalue weighted by Crippen LogP contribution is -2.22. The molecule has 1 aromatic carbocycles. The Bertz CT molecular complexity index is 575. The number of carbonyl (C=O) groups excluding carboxylic acids is 1. The zero-order valence-corrected chi connectivity index (χ0v) is 12.1. The number of nitrogens with one attached hydrogen (secondary N) is 1. The van der Waals surface area contributed by atoms with Crippen molar-refractivity contribution in [2.75, 3.05) is 0 Å². The Balaban J connectivity index is 1.98. The third-order valence-corrected chi connectivity index (χ3v) is 3.21. The van der Waals surface area contributed by atoms with Crippen molar-refractivity contribution in [2.24, 2.45) is 7.05 Å². The van der Waals surface area contributed by atoms with Crippen LogP contribution in [0.3, 0.4) is 0 Å². The van der Waals surface area contributed by atoms with E-state index >= 15 is 0 Å². The molecule has 20 heavy (non-hydrogen) atoms. The number of unbranched alkanes of at least 4 members (excludes halogenated alkanes) is 1. The van der Waals surface area contributed by atoms with Crippen molar-refractivity contribution in [1.29, 1.82) is 0 Å². The first kappa shape index (κ1) is 14.3. The van der Waals surface area contributed by atoms with Gasteiger partial charge in [0, 0.05) is 31.8 Å². The lowest BCUT2D eigenvalue weighted by Gasteiger charge is -2.06. The highest BCUT2D eigenvalue weighted by Gasteiger charge is 2.03. The van der Waals surface area contributed by atoms with Crippen molar-refractivity contribution in [3.63, 3.8) is 0 Å². The first-order chi connectivity index (χ1) is 9.69. The predicted octanol–water partition coefficient (Wildman–Crippen LogP) is 2.89. The second-order valence-electron chi connectivity index (χ2n) is 4.98. The van der Waals surface area contributed by atoms with Gasteiger partial charge >= 0.3 is 0 Å². The van der Waals surface area contributed by atoms with Crippen LogP contribution in [0, 0.1) is 0 Å². The molecule has 0 saturated carbocycles. The van der Waals surface area contributed by atoms with Crippen LogP contribution in [0.4, 0.5) is 0 Å². The highest BCUT2D eigenvalue weighted by molar-refractivity contribution is 5.75. The second kappa shape index (κ2) is 6.89. The van der Waals surface area contributed by atoms with Gasteiger partial charge in [0.15, 0.2) is 0 Å². The van der Waals surface area contributed by atoms with Gasteiger partial charge in [-0.05, 0) is 23.6 Å². The summed E-state index contributed by atoms with van der Waals surface area (Å²) >= 11 is 0. The standard InChI is InChI=1S/C16H21N3O/c1-3-4-8-16(20)17-10-13-6-5-7-14(9-13)15-11-18-19(2)12-15/h5-7,9,11-12H,3-4,8,10H2,1-2H3,(H,17,20). The summed E-state index contributed by atoms with van der Waals surface area (Å²) in [6.07, 6.45) is 6.43. The van der Waals surface area contributed by atoms with Gasteiger partial charge in [0.1, 0.15) is 0 Å². The van der Waals surface area contributed by atoms with Crippen molar-refractivity contribution < 1.29 is 4.79 Å². The lowest BCUT2D eigenvalue weighted by molar-refractivity contribution is -0.121. The molecule has 0 spiro atoms. The number of amides is 1. The summed E-state index contributed by atoms with van der Waals surface area (Å²) in [5.41, 5.74) is 3.32. The number of hydrogen-bond acceptors (Lipinski definition) is 2. The molecule has 0 fully saturated rings. The maximum Gasteiger partial charge on any atom is 0.220 e. The molecule has 1 amide bonds. The molecule has 0 bridgehead atoms. The summed E-state index contributed by atoms with van der Waals surface area (Å²) in [7, 11) is 1.90. The average Bonchev–Trinajstić information content (AvgIpc) is 2.90. The normalized spacial score (nSPS) is 10.5. The molecule has 1 N–H and O–H groups in total. The smallest absolute Gasteiger partial charge is 0.220 e. The maximum atomic E-state index is 11.6. The summed E-state index contributed by atoms with van der Waals surface area (Å²) in [6, 6.07) is 8.19. The SMILES string of the molecule is CCCCC(=O)NCc1cccc(-c2cnn(C)c2)c1. The van der Waals surface area contributed by atoms with E-state index in [9.17, 15) is 4.79 Å².